The monoisotopic (exact) mass is 476 g/mol. The summed E-state index contributed by atoms with van der Waals surface area (Å²) in [5, 5.41) is 0. The van der Waals surface area contributed by atoms with Crippen LogP contribution in [0.5, 0.6) is 11.5 Å². The Bertz CT molecular complexity index is 837. The zero-order valence-electron chi connectivity index (χ0n) is 17.8. The molecule has 0 spiro atoms. The highest BCUT2D eigenvalue weighted by Gasteiger charge is 2.42. The van der Waals surface area contributed by atoms with Crippen molar-refractivity contribution in [2.75, 3.05) is 54.1 Å². The van der Waals surface area contributed by atoms with Gasteiger partial charge in [-0.25, -0.2) is 0 Å². The molecule has 0 aliphatic carbocycles. The number of halogens is 1. The highest BCUT2D eigenvalue weighted by molar-refractivity contribution is 9.09. The van der Waals surface area contributed by atoms with Gasteiger partial charge in [0.2, 0.25) is 0 Å². The van der Waals surface area contributed by atoms with E-state index in [0.29, 0.717) is 6.54 Å². The summed E-state index contributed by atoms with van der Waals surface area (Å²) >= 11 is 3.82. The van der Waals surface area contributed by atoms with Gasteiger partial charge in [0.15, 0.2) is 11.5 Å². The second-order valence-corrected chi connectivity index (χ2v) is 8.87. The predicted molar refractivity (Wildman–Crippen MR) is 119 cm³/mol. The van der Waals surface area contributed by atoms with E-state index in [1.165, 1.54) is 11.1 Å². The molecule has 1 saturated heterocycles. The maximum Gasteiger partial charge on any atom is 0.398 e. The van der Waals surface area contributed by atoms with E-state index in [0.717, 1.165) is 56.2 Å². The molecule has 2 unspecified atom stereocenters. The van der Waals surface area contributed by atoms with Crippen molar-refractivity contribution in [1.29, 1.82) is 0 Å². The smallest absolute Gasteiger partial charge is 0.398 e. The minimum Gasteiger partial charge on any atom is -0.493 e. The number of rotatable bonds is 5. The van der Waals surface area contributed by atoms with Crippen LogP contribution in [0, 0.1) is 0 Å². The van der Waals surface area contributed by atoms with E-state index in [1.54, 1.807) is 28.9 Å². The molecule has 0 bridgehead atoms. The normalized spacial score (nSPS) is 23.9. The Morgan fingerprint density at radius 1 is 1.07 bits per heavy atom. The number of carbonyl (C=O) groups is 1. The summed E-state index contributed by atoms with van der Waals surface area (Å²) < 4.78 is 16.1. The van der Waals surface area contributed by atoms with Gasteiger partial charge in [-0.3, -0.25) is 4.79 Å². The number of carbonyl (C=O) groups excluding carboxylic acids is 1. The summed E-state index contributed by atoms with van der Waals surface area (Å²) in [7, 11) is 6.72. The van der Waals surface area contributed by atoms with Gasteiger partial charge in [0, 0.05) is 33.3 Å². The van der Waals surface area contributed by atoms with Crippen molar-refractivity contribution in [3.05, 3.63) is 35.0 Å². The van der Waals surface area contributed by atoms with Crippen molar-refractivity contribution in [3.63, 3.8) is 0 Å². The van der Waals surface area contributed by atoms with Gasteiger partial charge in [-0.05, 0) is 48.7 Å². The topological polar surface area (TPSA) is 54.5 Å². The molecule has 0 saturated carbocycles. The molecule has 1 amide bonds. The number of fused-ring (bicyclic) bond motifs is 3. The number of alkyl halides is 1. The van der Waals surface area contributed by atoms with Crippen LogP contribution in [-0.2, 0) is 15.9 Å². The molecular formula is C21H28BBrN3O4. The molecule has 0 aromatic heterocycles. The summed E-state index contributed by atoms with van der Waals surface area (Å²) in [6.45, 7) is 3.96. The van der Waals surface area contributed by atoms with Gasteiger partial charge < -0.3 is 28.7 Å². The van der Waals surface area contributed by atoms with E-state index >= 15 is 0 Å². The lowest BCUT2D eigenvalue weighted by atomic mass is 9.91. The molecule has 161 valence electrons. The van der Waals surface area contributed by atoms with Crippen LogP contribution in [-0.4, -0.2) is 87.0 Å². The third-order valence-corrected chi connectivity index (χ3v) is 6.91. The van der Waals surface area contributed by atoms with E-state index in [9.17, 15) is 4.79 Å². The van der Waals surface area contributed by atoms with Gasteiger partial charge in [-0.15, -0.1) is 0 Å². The van der Waals surface area contributed by atoms with Gasteiger partial charge in [0.1, 0.15) is 5.70 Å². The Morgan fingerprint density at radius 3 is 2.57 bits per heavy atom. The standard InChI is InChI=1S/C21H28BBrN3O4/c1-28-18-11-14-5-8-26-17(13-16(23)20(26)15(14)12-19(18)29-2)21(27)24-6-4-7-25(10-9-24)22-30-3/h11-13,16,20H,4-10H2,1-3H3. The molecule has 30 heavy (non-hydrogen) atoms. The van der Waals surface area contributed by atoms with Crippen LogP contribution in [0.4, 0.5) is 0 Å². The summed E-state index contributed by atoms with van der Waals surface area (Å²) in [5.41, 5.74) is 3.24. The number of benzene rings is 1. The summed E-state index contributed by atoms with van der Waals surface area (Å²) in [6.07, 6.45) is 3.87. The number of hydrogen-bond donors (Lipinski definition) is 0. The van der Waals surface area contributed by atoms with Crippen molar-refractivity contribution in [2.45, 2.75) is 23.7 Å². The maximum atomic E-state index is 13.4. The predicted octanol–water partition coefficient (Wildman–Crippen LogP) is 1.98. The van der Waals surface area contributed by atoms with Gasteiger partial charge >= 0.3 is 7.62 Å². The van der Waals surface area contributed by atoms with Crippen molar-refractivity contribution < 1.29 is 18.9 Å². The van der Waals surface area contributed by atoms with E-state index in [-0.39, 0.29) is 16.8 Å². The lowest BCUT2D eigenvalue weighted by Gasteiger charge is -2.38. The molecule has 1 aromatic rings. The van der Waals surface area contributed by atoms with Gasteiger partial charge in [0.05, 0.1) is 25.1 Å². The average molecular weight is 477 g/mol. The Balaban J connectivity index is 1.54. The first-order valence-electron chi connectivity index (χ1n) is 10.3. The molecule has 3 aliphatic rings. The van der Waals surface area contributed by atoms with Crippen molar-refractivity contribution >= 4 is 29.5 Å². The quantitative estimate of drug-likeness (QED) is 0.478. The van der Waals surface area contributed by atoms with Crippen LogP contribution in [0.25, 0.3) is 0 Å². The Hall–Kier alpha value is -1.71. The van der Waals surface area contributed by atoms with Crippen molar-refractivity contribution in [2.24, 2.45) is 0 Å². The molecular weight excluding hydrogens is 449 g/mol. The van der Waals surface area contributed by atoms with Crippen LogP contribution >= 0.6 is 15.9 Å². The lowest BCUT2D eigenvalue weighted by Crippen LogP contribution is -2.42. The second kappa shape index (κ2) is 9.20. The van der Waals surface area contributed by atoms with Crippen LogP contribution in [0.1, 0.15) is 23.6 Å². The minimum atomic E-state index is 0.0684. The molecule has 1 aromatic carbocycles. The van der Waals surface area contributed by atoms with E-state index in [4.69, 9.17) is 14.1 Å². The van der Waals surface area contributed by atoms with Crippen molar-refractivity contribution in [1.82, 2.24) is 14.6 Å². The minimum absolute atomic E-state index is 0.0684. The maximum absolute atomic E-state index is 13.4. The molecule has 7 nitrogen and oxygen atoms in total. The molecule has 1 fully saturated rings. The van der Waals surface area contributed by atoms with E-state index in [2.05, 4.69) is 43.8 Å². The second-order valence-electron chi connectivity index (χ2n) is 7.81. The van der Waals surface area contributed by atoms with Crippen LogP contribution in [0.15, 0.2) is 23.9 Å². The average Bonchev–Trinajstić information content (AvgIpc) is 2.93. The fourth-order valence-corrected chi connectivity index (χ4v) is 5.50. The molecule has 3 heterocycles. The molecule has 3 aliphatic heterocycles. The summed E-state index contributed by atoms with van der Waals surface area (Å²) in [4.78, 5) is 19.9. The molecule has 9 heteroatoms. The third kappa shape index (κ3) is 3.95. The Labute approximate surface area is 187 Å². The molecule has 1 radical (unpaired) electrons. The molecule has 2 atom stereocenters. The van der Waals surface area contributed by atoms with Gasteiger partial charge in [0.25, 0.3) is 5.91 Å². The fourth-order valence-electron chi connectivity index (χ4n) is 4.68. The van der Waals surface area contributed by atoms with Crippen LogP contribution in [0.3, 0.4) is 0 Å². The van der Waals surface area contributed by atoms with Crippen LogP contribution in [0.2, 0.25) is 0 Å². The van der Waals surface area contributed by atoms with Crippen molar-refractivity contribution in [3.8, 4) is 11.5 Å². The number of methoxy groups -OCH3 is 2. The summed E-state index contributed by atoms with van der Waals surface area (Å²) in [5.74, 6) is 1.59. The summed E-state index contributed by atoms with van der Waals surface area (Å²) in [6, 6.07) is 4.21. The highest BCUT2D eigenvalue weighted by Crippen LogP contribution is 2.46. The lowest BCUT2D eigenvalue weighted by molar-refractivity contribution is -0.128. The SMILES string of the molecule is CO[B]N1CCCN(C(=O)C2=CC(Br)C3c4cc(OC)c(OC)cc4CCN23)CC1. The first-order valence-corrected chi connectivity index (χ1v) is 11.3. The fraction of sp³-hybridized carbons (Fsp3) is 0.571. The first kappa shape index (κ1) is 21.5. The Kier molecular flexibility index (Phi) is 6.60. The number of nitrogens with zero attached hydrogens (tertiary/aromatic N) is 3. The first-order chi connectivity index (χ1) is 14.6. The third-order valence-electron chi connectivity index (χ3n) is 6.14. The largest absolute Gasteiger partial charge is 0.493 e. The number of amides is 1. The zero-order chi connectivity index (χ0) is 21.3. The number of ether oxygens (including phenoxy) is 2. The highest BCUT2D eigenvalue weighted by atomic mass is 79.9. The van der Waals surface area contributed by atoms with E-state index < -0.39 is 0 Å². The molecule has 4 rings (SSSR count). The molecule has 0 N–H and O–H groups in total. The van der Waals surface area contributed by atoms with E-state index in [1.807, 2.05) is 4.90 Å². The van der Waals surface area contributed by atoms with Crippen LogP contribution < -0.4 is 9.47 Å². The van der Waals surface area contributed by atoms with Gasteiger partial charge in [-0.2, -0.15) is 0 Å². The Morgan fingerprint density at radius 2 is 1.83 bits per heavy atom. The zero-order valence-corrected chi connectivity index (χ0v) is 19.4. The number of hydrogen-bond acceptors (Lipinski definition) is 6. The van der Waals surface area contributed by atoms with Gasteiger partial charge in [-0.1, -0.05) is 15.9 Å².